The molecule has 0 aliphatic carbocycles. The lowest BCUT2D eigenvalue weighted by Gasteiger charge is -2.27. The van der Waals surface area contributed by atoms with Gasteiger partial charge in [-0.2, -0.15) is 0 Å². The molecule has 222 valence electrons. The van der Waals surface area contributed by atoms with Gasteiger partial charge in [-0.1, -0.05) is 0 Å². The Kier molecular flexibility index (Phi) is 15.9. The summed E-state index contributed by atoms with van der Waals surface area (Å²) in [4.78, 5) is 83.6. The first kappa shape index (κ1) is 35.1. The van der Waals surface area contributed by atoms with Crippen LogP contribution in [-0.2, 0) is 33.6 Å². The maximum absolute atomic E-state index is 12.7. The fourth-order valence-electron chi connectivity index (χ4n) is 3.06. The number of nitrogens with one attached hydrogen (secondary N) is 5. The molecule has 18 nitrogen and oxygen atoms in total. The van der Waals surface area contributed by atoms with Crippen molar-refractivity contribution in [2.24, 2.45) is 11.5 Å². The van der Waals surface area contributed by atoms with E-state index in [2.05, 4.69) is 26.6 Å². The van der Waals surface area contributed by atoms with E-state index in [1.54, 1.807) is 0 Å². The first-order valence-electron chi connectivity index (χ1n) is 11.7. The van der Waals surface area contributed by atoms with Gasteiger partial charge in [0.15, 0.2) is 0 Å². The molecule has 0 unspecified atom stereocenters. The number of rotatable bonds is 18. The van der Waals surface area contributed by atoms with Crippen LogP contribution in [0.4, 0.5) is 0 Å². The van der Waals surface area contributed by atoms with Crippen LogP contribution in [0.1, 0.15) is 33.1 Å². The van der Waals surface area contributed by atoms with Gasteiger partial charge in [-0.15, -0.1) is 0 Å². The minimum Gasteiger partial charge on any atom is -0.394 e. The number of aliphatic hydroxyl groups excluding tert-OH is 4. The first-order chi connectivity index (χ1) is 18.2. The lowest BCUT2D eigenvalue weighted by Crippen LogP contribution is -2.62. The van der Waals surface area contributed by atoms with E-state index >= 15 is 0 Å². The van der Waals surface area contributed by atoms with Crippen molar-refractivity contribution in [3.05, 3.63) is 0 Å². The van der Waals surface area contributed by atoms with Crippen molar-refractivity contribution < 1.29 is 54.0 Å². The molecule has 0 heterocycles. The summed E-state index contributed by atoms with van der Waals surface area (Å²) >= 11 is 0. The monoisotopic (exact) mass is 563 g/mol. The minimum atomic E-state index is -1.74. The standard InChI is InChI=1S/C21H37N7O11/c1-9(32)17(21(39)27-13(7-30)19(37)25-11(6-29)3-4-15(22)34)28-20(38)14(8-31)26-18(36)12(5-16(23)35)24-10(2)33/h9,11-14,17,29-32H,3-8H2,1-2H3,(H2,22,34)(H2,23,35)(H,24,33)(H,25,37)(H,26,36)(H,27,39)(H,28,38)/t9-,11+,12+,13+,14+,17+/m1/s1. The molecule has 0 rings (SSSR count). The van der Waals surface area contributed by atoms with E-state index in [4.69, 9.17) is 11.5 Å². The highest BCUT2D eigenvalue weighted by atomic mass is 16.3. The second-order valence-electron chi connectivity index (χ2n) is 8.53. The summed E-state index contributed by atoms with van der Waals surface area (Å²) in [5.41, 5.74) is 10.1. The number of hydrogen-bond acceptors (Lipinski definition) is 11. The molecule has 0 saturated heterocycles. The number of carbonyl (C=O) groups excluding carboxylic acids is 7. The van der Waals surface area contributed by atoms with Gasteiger partial charge in [0, 0.05) is 13.3 Å². The molecule has 13 N–H and O–H groups in total. The van der Waals surface area contributed by atoms with Crippen molar-refractivity contribution in [3.63, 3.8) is 0 Å². The molecule has 0 aromatic carbocycles. The van der Waals surface area contributed by atoms with Crippen molar-refractivity contribution in [2.75, 3.05) is 19.8 Å². The highest BCUT2D eigenvalue weighted by molar-refractivity contribution is 5.96. The third-order valence-electron chi connectivity index (χ3n) is 5.10. The normalized spacial score (nSPS) is 15.3. The van der Waals surface area contributed by atoms with E-state index in [1.165, 1.54) is 0 Å². The van der Waals surface area contributed by atoms with Gasteiger partial charge in [-0.3, -0.25) is 33.6 Å². The third kappa shape index (κ3) is 13.5. The van der Waals surface area contributed by atoms with Gasteiger partial charge in [-0.25, -0.2) is 0 Å². The zero-order valence-electron chi connectivity index (χ0n) is 21.5. The Bertz CT molecular complexity index is 883. The zero-order chi connectivity index (χ0) is 30.3. The summed E-state index contributed by atoms with van der Waals surface area (Å²) in [6.07, 6.45) is -2.37. The molecular formula is C21H37N7O11. The van der Waals surface area contributed by atoms with Gasteiger partial charge >= 0.3 is 0 Å². The number of amides is 7. The number of nitrogens with two attached hydrogens (primary N) is 2. The topological polar surface area (TPSA) is 313 Å². The van der Waals surface area contributed by atoms with Gasteiger partial charge in [-0.05, 0) is 13.3 Å². The molecular weight excluding hydrogens is 526 g/mol. The van der Waals surface area contributed by atoms with E-state index in [9.17, 15) is 54.0 Å². The van der Waals surface area contributed by atoms with E-state index < -0.39 is 104 Å². The van der Waals surface area contributed by atoms with Crippen LogP contribution >= 0.6 is 0 Å². The molecule has 0 aromatic heterocycles. The van der Waals surface area contributed by atoms with E-state index in [1.807, 2.05) is 0 Å². The fourth-order valence-corrected chi connectivity index (χ4v) is 3.06. The van der Waals surface area contributed by atoms with Crippen LogP contribution in [0.5, 0.6) is 0 Å². The highest BCUT2D eigenvalue weighted by Gasteiger charge is 2.33. The molecule has 0 aliphatic heterocycles. The SMILES string of the molecule is CC(=O)N[C@@H](CC(N)=O)C(=O)N[C@@H](CO)C(=O)N[C@H](C(=O)N[C@@H](CO)C(=O)N[C@H](CO)CCC(N)=O)[C@@H](C)O. The Balaban J connectivity index is 5.42. The first-order valence-corrected chi connectivity index (χ1v) is 11.7. The van der Waals surface area contributed by atoms with Crippen molar-refractivity contribution in [2.45, 2.75) is 69.4 Å². The summed E-state index contributed by atoms with van der Waals surface area (Å²) in [6.45, 7) is -0.324. The van der Waals surface area contributed by atoms with Crippen molar-refractivity contribution in [1.29, 1.82) is 0 Å². The summed E-state index contributed by atoms with van der Waals surface area (Å²) in [7, 11) is 0. The van der Waals surface area contributed by atoms with Crippen LogP contribution in [0.2, 0.25) is 0 Å². The average molecular weight is 564 g/mol. The molecule has 0 bridgehead atoms. The van der Waals surface area contributed by atoms with Crippen LogP contribution in [0.25, 0.3) is 0 Å². The van der Waals surface area contributed by atoms with Gasteiger partial charge in [0.25, 0.3) is 0 Å². The van der Waals surface area contributed by atoms with Crippen LogP contribution in [0, 0.1) is 0 Å². The van der Waals surface area contributed by atoms with Gasteiger partial charge in [0.2, 0.25) is 41.4 Å². The molecule has 0 radical (unpaired) electrons. The van der Waals surface area contributed by atoms with Gasteiger partial charge in [0.05, 0.1) is 38.4 Å². The molecule has 39 heavy (non-hydrogen) atoms. The lowest BCUT2D eigenvalue weighted by atomic mass is 10.1. The highest BCUT2D eigenvalue weighted by Crippen LogP contribution is 2.01. The predicted octanol–water partition coefficient (Wildman–Crippen LogP) is -7.07. The van der Waals surface area contributed by atoms with Crippen molar-refractivity contribution >= 4 is 41.4 Å². The largest absolute Gasteiger partial charge is 0.394 e. The molecule has 0 aliphatic rings. The quantitative estimate of drug-likeness (QED) is 0.0744. The Hall–Kier alpha value is -3.87. The Morgan fingerprint density at radius 1 is 0.667 bits per heavy atom. The molecule has 0 spiro atoms. The second kappa shape index (κ2) is 17.6. The molecule has 0 saturated carbocycles. The van der Waals surface area contributed by atoms with Crippen LogP contribution < -0.4 is 38.1 Å². The Morgan fingerprint density at radius 3 is 1.56 bits per heavy atom. The van der Waals surface area contributed by atoms with Crippen LogP contribution in [0.3, 0.4) is 0 Å². The van der Waals surface area contributed by atoms with Crippen molar-refractivity contribution in [1.82, 2.24) is 26.6 Å². The predicted molar refractivity (Wildman–Crippen MR) is 131 cm³/mol. The van der Waals surface area contributed by atoms with E-state index in [-0.39, 0.29) is 12.8 Å². The average Bonchev–Trinajstić information content (AvgIpc) is 2.84. The van der Waals surface area contributed by atoms with Gasteiger partial charge in [0.1, 0.15) is 24.2 Å². The number of carbonyl (C=O) groups is 7. The number of aliphatic hydroxyl groups is 4. The lowest BCUT2D eigenvalue weighted by molar-refractivity contribution is -0.137. The van der Waals surface area contributed by atoms with Crippen molar-refractivity contribution in [3.8, 4) is 0 Å². The molecule has 0 aromatic rings. The number of primary amides is 2. The maximum Gasteiger partial charge on any atom is 0.245 e. The Labute approximate surface area is 223 Å². The zero-order valence-corrected chi connectivity index (χ0v) is 21.5. The maximum atomic E-state index is 12.7. The second-order valence-corrected chi connectivity index (χ2v) is 8.53. The third-order valence-corrected chi connectivity index (χ3v) is 5.10. The molecule has 0 fully saturated rings. The summed E-state index contributed by atoms with van der Waals surface area (Å²) in [6, 6.07) is -7.44. The molecule has 6 atom stereocenters. The van der Waals surface area contributed by atoms with Gasteiger partial charge < -0.3 is 58.5 Å². The van der Waals surface area contributed by atoms with E-state index in [0.29, 0.717) is 0 Å². The summed E-state index contributed by atoms with van der Waals surface area (Å²) in [5.74, 6) is -6.62. The minimum absolute atomic E-state index is 0.0213. The van der Waals surface area contributed by atoms with E-state index in [0.717, 1.165) is 13.8 Å². The van der Waals surface area contributed by atoms with Crippen LogP contribution in [0.15, 0.2) is 0 Å². The fraction of sp³-hybridized carbons (Fsp3) is 0.667. The Morgan fingerprint density at radius 2 is 1.15 bits per heavy atom. The summed E-state index contributed by atoms with van der Waals surface area (Å²) in [5, 5.41) is 49.2. The number of hydrogen-bond donors (Lipinski definition) is 11. The smallest absolute Gasteiger partial charge is 0.245 e. The van der Waals surface area contributed by atoms with Crippen LogP contribution in [-0.4, -0.2) is 118 Å². The molecule has 7 amide bonds. The molecule has 18 heteroatoms. The summed E-state index contributed by atoms with van der Waals surface area (Å²) < 4.78 is 0.